The van der Waals surface area contributed by atoms with Gasteiger partial charge in [-0.2, -0.15) is 13.2 Å². The van der Waals surface area contributed by atoms with Crippen LogP contribution in [0.4, 0.5) is 23.7 Å². The minimum Gasteiger partial charge on any atom is -0.317 e. The van der Waals surface area contributed by atoms with E-state index in [1.54, 1.807) is 24.3 Å². The fourth-order valence-corrected chi connectivity index (χ4v) is 3.42. The third-order valence-electron chi connectivity index (χ3n) is 4.84. The first kappa shape index (κ1) is 18.7. The maximum Gasteiger partial charge on any atom is 0.497 e. The molecule has 2 aliphatic rings. The van der Waals surface area contributed by atoms with Gasteiger partial charge in [-0.15, -0.1) is 0 Å². The van der Waals surface area contributed by atoms with Crippen LogP contribution in [0.15, 0.2) is 24.3 Å². The van der Waals surface area contributed by atoms with Crippen LogP contribution in [0.2, 0.25) is 0 Å². The normalized spacial score (nSPS) is 24.3. The van der Waals surface area contributed by atoms with Gasteiger partial charge in [-0.3, -0.25) is 10.2 Å². The van der Waals surface area contributed by atoms with Gasteiger partial charge in [-0.25, -0.2) is 9.59 Å². The highest BCUT2D eigenvalue weighted by Gasteiger charge is 2.55. The third kappa shape index (κ3) is 3.83. The highest BCUT2D eigenvalue weighted by atomic mass is 19.4. The number of halogens is 3. The van der Waals surface area contributed by atoms with Crippen molar-refractivity contribution < 1.29 is 27.6 Å². The van der Waals surface area contributed by atoms with Crippen molar-refractivity contribution in [3.8, 4) is 0 Å². The Balaban J connectivity index is 1.79. The minimum atomic E-state index is -5.16. The molecule has 1 atom stereocenters. The van der Waals surface area contributed by atoms with Gasteiger partial charge in [-0.05, 0) is 48.5 Å². The number of hydrogen-bond donors (Lipinski definition) is 2. The molecule has 2 aliphatic heterocycles. The molecule has 0 saturated carbocycles. The van der Waals surface area contributed by atoms with E-state index in [1.165, 1.54) is 0 Å². The molecule has 26 heavy (non-hydrogen) atoms. The molecule has 9 heteroatoms. The molecule has 1 aromatic rings. The van der Waals surface area contributed by atoms with E-state index in [1.807, 2.05) is 0 Å². The first-order valence-corrected chi connectivity index (χ1v) is 8.59. The second-order valence-corrected chi connectivity index (χ2v) is 6.64. The fraction of sp³-hybridized carbons (Fsp3) is 0.529. The van der Waals surface area contributed by atoms with Crippen LogP contribution in [0, 0.1) is 5.92 Å². The summed E-state index contributed by atoms with van der Waals surface area (Å²) in [7, 11) is 0. The van der Waals surface area contributed by atoms with Crippen molar-refractivity contribution in [1.82, 2.24) is 15.3 Å². The zero-order chi connectivity index (χ0) is 18.8. The van der Waals surface area contributed by atoms with Crippen molar-refractivity contribution in [2.24, 2.45) is 5.92 Å². The Hall–Kier alpha value is -2.13. The summed E-state index contributed by atoms with van der Waals surface area (Å²) in [5.74, 6) is -1.82. The lowest BCUT2D eigenvalue weighted by Crippen LogP contribution is -2.54. The van der Waals surface area contributed by atoms with Crippen LogP contribution in [0.1, 0.15) is 18.4 Å². The van der Waals surface area contributed by atoms with E-state index in [2.05, 4.69) is 15.5 Å². The van der Waals surface area contributed by atoms with E-state index in [4.69, 9.17) is 0 Å². The van der Waals surface area contributed by atoms with E-state index in [-0.39, 0.29) is 18.8 Å². The number of alkyl halides is 3. The van der Waals surface area contributed by atoms with Gasteiger partial charge in [0.15, 0.2) is 12.2 Å². The lowest BCUT2D eigenvalue weighted by atomic mass is 9.91. The van der Waals surface area contributed by atoms with E-state index >= 15 is 0 Å². The number of urea groups is 1. The summed E-state index contributed by atoms with van der Waals surface area (Å²) in [6, 6.07) is 5.90. The highest BCUT2D eigenvalue weighted by molar-refractivity contribution is 5.90. The van der Waals surface area contributed by atoms with Crippen LogP contribution in [0.5, 0.6) is 0 Å². The van der Waals surface area contributed by atoms with Gasteiger partial charge in [0.1, 0.15) is 0 Å². The van der Waals surface area contributed by atoms with Crippen LogP contribution in [0.3, 0.4) is 0 Å². The maximum absolute atomic E-state index is 12.6. The molecule has 3 rings (SSSR count). The fourth-order valence-electron chi connectivity index (χ4n) is 3.42. The number of nitrogens with one attached hydrogen (secondary N) is 2. The quantitative estimate of drug-likeness (QED) is 0.796. The molecule has 2 saturated heterocycles. The lowest BCUT2D eigenvalue weighted by molar-refractivity contribution is -0.223. The molecule has 0 spiro atoms. The highest BCUT2D eigenvalue weighted by Crippen LogP contribution is 2.31. The number of hydroxylamine groups is 2. The molecule has 0 radical (unpaired) electrons. The maximum atomic E-state index is 12.6. The van der Waals surface area contributed by atoms with Crippen LogP contribution >= 0.6 is 0 Å². The number of amides is 2. The van der Waals surface area contributed by atoms with Gasteiger partial charge in [0.2, 0.25) is 0 Å². The largest absolute Gasteiger partial charge is 0.497 e. The molecule has 0 bridgehead atoms. The summed E-state index contributed by atoms with van der Waals surface area (Å²) in [4.78, 5) is 28.1. The number of carbonyl (C=O) groups excluding carboxylic acids is 2. The molecule has 6 nitrogen and oxygen atoms in total. The molecule has 2 N–H and O–H groups in total. The molecule has 1 unspecified atom stereocenters. The zero-order valence-corrected chi connectivity index (χ0v) is 14.1. The van der Waals surface area contributed by atoms with Crippen LogP contribution in [-0.4, -0.2) is 44.4 Å². The topological polar surface area (TPSA) is 67.4 Å². The van der Waals surface area contributed by atoms with E-state index < -0.39 is 22.8 Å². The minimum absolute atomic E-state index is 0.0890. The van der Waals surface area contributed by atoms with Gasteiger partial charge in [-0.1, -0.05) is 12.1 Å². The smallest absolute Gasteiger partial charge is 0.317 e. The predicted molar refractivity (Wildman–Crippen MR) is 87.9 cm³/mol. The molecular weight excluding hydrogens is 351 g/mol. The molecule has 0 aliphatic carbocycles. The molecule has 2 amide bonds. The molecule has 1 aromatic carbocycles. The SMILES string of the molecule is O=C(O[N+]1(c2ccc(CC3CCNCC3)cc2)CCNC1=O)C(F)(F)F. The van der Waals surface area contributed by atoms with Crippen molar-refractivity contribution in [1.29, 1.82) is 0 Å². The zero-order valence-electron chi connectivity index (χ0n) is 14.1. The summed E-state index contributed by atoms with van der Waals surface area (Å²) < 4.78 is 36.7. The number of piperidine rings is 1. The summed E-state index contributed by atoms with van der Waals surface area (Å²) in [5.41, 5.74) is 1.24. The standard InChI is InChI=1S/C17H20F3N3O3/c18-17(19,20)15(24)26-23(10-9-22-16(23)25)14-3-1-12(2-4-14)11-13-5-7-21-8-6-13/h1-4,13,21H,5-11H2/p+1. The predicted octanol–water partition coefficient (Wildman–Crippen LogP) is 2.28. The Morgan fingerprint density at radius 1 is 1.15 bits per heavy atom. The monoisotopic (exact) mass is 372 g/mol. The number of rotatable bonds is 4. The Bertz CT molecular complexity index is 672. The van der Waals surface area contributed by atoms with E-state index in [0.29, 0.717) is 5.92 Å². The van der Waals surface area contributed by atoms with Crippen molar-refractivity contribution in [3.05, 3.63) is 29.8 Å². The van der Waals surface area contributed by atoms with Crippen molar-refractivity contribution >= 4 is 17.7 Å². The van der Waals surface area contributed by atoms with Crippen molar-refractivity contribution in [2.45, 2.75) is 25.4 Å². The van der Waals surface area contributed by atoms with E-state index in [0.717, 1.165) is 37.9 Å². The number of hydrogen-bond acceptors (Lipinski definition) is 4. The summed E-state index contributed by atoms with van der Waals surface area (Å²) in [5, 5.41) is 5.73. The second kappa shape index (κ2) is 7.24. The second-order valence-electron chi connectivity index (χ2n) is 6.64. The summed E-state index contributed by atoms with van der Waals surface area (Å²) in [6.07, 6.45) is -2.14. The average molecular weight is 372 g/mol. The number of benzene rings is 1. The Morgan fingerprint density at radius 3 is 2.35 bits per heavy atom. The molecule has 2 fully saturated rings. The summed E-state index contributed by atoms with van der Waals surface area (Å²) >= 11 is 0. The van der Waals surface area contributed by atoms with Gasteiger partial charge in [0.05, 0.1) is 6.54 Å². The number of quaternary nitrogens is 1. The van der Waals surface area contributed by atoms with Crippen molar-refractivity contribution in [2.75, 3.05) is 26.2 Å². The van der Waals surface area contributed by atoms with E-state index in [9.17, 15) is 22.8 Å². The van der Waals surface area contributed by atoms with Gasteiger partial charge in [0, 0.05) is 12.1 Å². The third-order valence-corrected chi connectivity index (χ3v) is 4.84. The molecular formula is C17H21F3N3O3+. The Labute approximate surface area is 148 Å². The average Bonchev–Trinajstić information content (AvgIpc) is 2.97. The first-order chi connectivity index (χ1) is 12.3. The Kier molecular flexibility index (Phi) is 5.19. The van der Waals surface area contributed by atoms with Crippen LogP contribution < -0.4 is 15.3 Å². The first-order valence-electron chi connectivity index (χ1n) is 8.59. The molecule has 0 aromatic heterocycles. The molecule has 142 valence electrons. The van der Waals surface area contributed by atoms with Crippen LogP contribution in [-0.2, 0) is 16.1 Å². The van der Waals surface area contributed by atoms with Gasteiger partial charge < -0.3 is 5.32 Å². The number of carbonyl (C=O) groups is 2. The Morgan fingerprint density at radius 2 is 1.81 bits per heavy atom. The van der Waals surface area contributed by atoms with Gasteiger partial charge >= 0.3 is 18.2 Å². The lowest BCUT2D eigenvalue weighted by Gasteiger charge is -2.26. The van der Waals surface area contributed by atoms with Gasteiger partial charge in [0.25, 0.3) is 0 Å². The summed E-state index contributed by atoms with van der Waals surface area (Å²) in [6.45, 7) is 2.00. The number of nitrogens with zero attached hydrogens (tertiary/aromatic N) is 1. The van der Waals surface area contributed by atoms with Crippen LogP contribution in [0.25, 0.3) is 0 Å². The van der Waals surface area contributed by atoms with Crippen molar-refractivity contribution in [3.63, 3.8) is 0 Å². The molecule has 2 heterocycles.